The fourth-order valence-corrected chi connectivity index (χ4v) is 6.94. The molecule has 0 bridgehead atoms. The van der Waals surface area contributed by atoms with Gasteiger partial charge >= 0.3 is 5.97 Å². The van der Waals surface area contributed by atoms with Gasteiger partial charge in [0.1, 0.15) is 4.90 Å². The van der Waals surface area contributed by atoms with E-state index < -0.39 is 22.0 Å². The number of halogens is 2. The summed E-state index contributed by atoms with van der Waals surface area (Å²) in [5.41, 5.74) is -0.185. The summed E-state index contributed by atoms with van der Waals surface area (Å²) in [5.74, 6) is -1.03. The van der Waals surface area contributed by atoms with Crippen molar-refractivity contribution in [2.75, 3.05) is 0 Å². The molecule has 0 fully saturated rings. The minimum absolute atomic E-state index is 0.115. The number of carboxylic acid groups (broad SMARTS) is 1. The molecule has 0 radical (unpaired) electrons. The molecule has 0 aromatic carbocycles. The Morgan fingerprint density at radius 3 is 2.38 bits per heavy atom. The minimum Gasteiger partial charge on any atom is -0.481 e. The highest BCUT2D eigenvalue weighted by Gasteiger charge is 2.28. The van der Waals surface area contributed by atoms with Crippen LogP contribution in [0, 0.1) is 5.41 Å². The zero-order chi connectivity index (χ0) is 16.4. The van der Waals surface area contributed by atoms with Gasteiger partial charge in [-0.25, -0.2) is 13.1 Å². The molecular weight excluding hydrogens is 446 g/mol. The largest absolute Gasteiger partial charge is 0.481 e. The second-order valence-electron chi connectivity index (χ2n) is 5.87. The van der Waals surface area contributed by atoms with E-state index in [9.17, 15) is 13.2 Å². The van der Waals surface area contributed by atoms with E-state index in [-0.39, 0.29) is 16.7 Å². The number of nitrogens with one attached hydrogen (secondary N) is 1. The Labute approximate surface area is 145 Å². The highest BCUT2D eigenvalue weighted by Crippen LogP contribution is 2.35. The molecule has 0 saturated carbocycles. The highest BCUT2D eigenvalue weighted by atomic mass is 79.9. The lowest BCUT2D eigenvalue weighted by molar-refractivity contribution is -0.137. The van der Waals surface area contributed by atoms with Gasteiger partial charge in [-0.1, -0.05) is 20.8 Å². The molecule has 1 heterocycles. The van der Waals surface area contributed by atoms with Crippen LogP contribution in [0.2, 0.25) is 0 Å². The first kappa shape index (κ1) is 19.1. The van der Waals surface area contributed by atoms with Crippen LogP contribution in [0.3, 0.4) is 0 Å². The van der Waals surface area contributed by atoms with Gasteiger partial charge in [-0.2, -0.15) is 0 Å². The third-order valence-corrected chi connectivity index (χ3v) is 6.79. The molecule has 5 nitrogen and oxygen atoms in total. The van der Waals surface area contributed by atoms with Crippen molar-refractivity contribution >= 4 is 59.2 Å². The van der Waals surface area contributed by atoms with Gasteiger partial charge in [0.15, 0.2) is 0 Å². The average molecular weight is 463 g/mol. The molecule has 0 aliphatic rings. The summed E-state index contributed by atoms with van der Waals surface area (Å²) in [7, 11) is -3.77. The van der Waals surface area contributed by atoms with Crippen LogP contribution in [0.25, 0.3) is 0 Å². The Bertz CT molecular complexity index is 620. The Kier molecular flexibility index (Phi) is 6.43. The van der Waals surface area contributed by atoms with Crippen LogP contribution in [-0.2, 0) is 14.8 Å². The molecule has 21 heavy (non-hydrogen) atoms. The second kappa shape index (κ2) is 7.08. The predicted molar refractivity (Wildman–Crippen MR) is 90.2 cm³/mol. The second-order valence-corrected chi connectivity index (χ2v) is 11.3. The van der Waals surface area contributed by atoms with Gasteiger partial charge in [-0.3, -0.25) is 4.79 Å². The summed E-state index contributed by atoms with van der Waals surface area (Å²) in [5, 5.41) is 8.96. The number of hydrogen-bond acceptors (Lipinski definition) is 4. The number of sulfonamides is 1. The van der Waals surface area contributed by atoms with Gasteiger partial charge in [0.25, 0.3) is 0 Å². The van der Waals surface area contributed by atoms with Crippen molar-refractivity contribution in [3.05, 3.63) is 13.6 Å². The third kappa shape index (κ3) is 6.35. The quantitative estimate of drug-likeness (QED) is 0.672. The number of carbonyl (C=O) groups is 1. The highest BCUT2D eigenvalue weighted by molar-refractivity contribution is 9.12. The van der Waals surface area contributed by atoms with Crippen molar-refractivity contribution in [1.82, 2.24) is 4.72 Å². The van der Waals surface area contributed by atoms with Crippen LogP contribution in [0.1, 0.15) is 33.6 Å². The molecular formula is C12H17Br2NO4S2. The summed E-state index contributed by atoms with van der Waals surface area (Å²) >= 11 is 7.69. The van der Waals surface area contributed by atoms with Crippen LogP contribution < -0.4 is 4.72 Å². The van der Waals surface area contributed by atoms with Gasteiger partial charge in [0, 0.05) is 6.04 Å². The molecule has 2 N–H and O–H groups in total. The molecule has 9 heteroatoms. The Morgan fingerprint density at radius 1 is 1.43 bits per heavy atom. The molecule has 1 atom stereocenters. The van der Waals surface area contributed by atoms with E-state index in [1.54, 1.807) is 0 Å². The topological polar surface area (TPSA) is 83.5 Å². The predicted octanol–water partition coefficient (Wildman–Crippen LogP) is 3.83. The van der Waals surface area contributed by atoms with Crippen molar-refractivity contribution in [3.8, 4) is 0 Å². The van der Waals surface area contributed by atoms with Crippen molar-refractivity contribution in [3.63, 3.8) is 0 Å². The maximum Gasteiger partial charge on any atom is 0.304 e. The first-order valence-electron chi connectivity index (χ1n) is 6.10. The summed E-state index contributed by atoms with van der Waals surface area (Å²) in [6.45, 7) is 5.81. The lowest BCUT2D eigenvalue weighted by Gasteiger charge is -2.25. The Balaban J connectivity index is 3.01. The molecule has 0 aliphatic heterocycles. The van der Waals surface area contributed by atoms with Crippen LogP contribution in [0.15, 0.2) is 18.5 Å². The third-order valence-electron chi connectivity index (χ3n) is 2.52. The van der Waals surface area contributed by atoms with Crippen LogP contribution in [0.5, 0.6) is 0 Å². The zero-order valence-corrected chi connectivity index (χ0v) is 16.6. The number of carboxylic acids is 1. The van der Waals surface area contributed by atoms with Gasteiger partial charge in [-0.05, 0) is 49.8 Å². The first-order valence-corrected chi connectivity index (χ1v) is 9.98. The fourth-order valence-electron chi connectivity index (χ4n) is 1.90. The molecule has 1 aromatic heterocycles. The number of thiophene rings is 1. The minimum atomic E-state index is -3.77. The van der Waals surface area contributed by atoms with Crippen molar-refractivity contribution in [2.24, 2.45) is 5.41 Å². The molecule has 1 aromatic rings. The molecule has 1 rings (SSSR count). The molecule has 1 unspecified atom stereocenters. The van der Waals surface area contributed by atoms with Crippen LogP contribution in [0.4, 0.5) is 0 Å². The van der Waals surface area contributed by atoms with E-state index in [0.29, 0.717) is 14.0 Å². The Morgan fingerprint density at radius 2 is 2.00 bits per heavy atom. The summed E-state index contributed by atoms with van der Waals surface area (Å²) < 4.78 is 28.4. The van der Waals surface area contributed by atoms with Crippen molar-refractivity contribution in [2.45, 2.75) is 44.6 Å². The smallest absolute Gasteiger partial charge is 0.304 e. The maximum atomic E-state index is 12.4. The number of rotatable bonds is 6. The average Bonchev–Trinajstić information content (AvgIpc) is 2.53. The summed E-state index contributed by atoms with van der Waals surface area (Å²) in [4.78, 5) is 11.1. The van der Waals surface area contributed by atoms with Gasteiger partial charge in [0.05, 0.1) is 14.0 Å². The number of hydrogen-bond donors (Lipinski definition) is 2. The molecule has 0 spiro atoms. The van der Waals surface area contributed by atoms with Crippen LogP contribution >= 0.6 is 43.2 Å². The zero-order valence-electron chi connectivity index (χ0n) is 11.8. The van der Waals surface area contributed by atoms with Gasteiger partial charge in [-0.15, -0.1) is 11.3 Å². The van der Waals surface area contributed by atoms with Gasteiger partial charge in [0.2, 0.25) is 10.0 Å². The summed E-state index contributed by atoms with van der Waals surface area (Å²) in [6, 6.07) is 0.838. The van der Waals surface area contributed by atoms with E-state index in [1.807, 2.05) is 20.8 Å². The lowest BCUT2D eigenvalue weighted by Crippen LogP contribution is -2.39. The maximum absolute atomic E-state index is 12.4. The molecule has 0 saturated heterocycles. The fraction of sp³-hybridized carbons (Fsp3) is 0.583. The summed E-state index contributed by atoms with van der Waals surface area (Å²) in [6.07, 6.45) is 0.181. The standard InChI is InChI=1S/C12H17Br2NO4S2/c1-12(2,3)6-7(4-10(16)17)15-21(18,19)8-5-9(13)20-11(8)14/h5,7,15H,4,6H2,1-3H3,(H,16,17). The van der Waals surface area contributed by atoms with Crippen molar-refractivity contribution in [1.29, 1.82) is 0 Å². The Hall–Kier alpha value is 0.0400. The lowest BCUT2D eigenvalue weighted by atomic mass is 9.87. The van der Waals surface area contributed by atoms with E-state index in [2.05, 4.69) is 36.6 Å². The number of aliphatic carboxylic acids is 1. The van der Waals surface area contributed by atoms with E-state index in [4.69, 9.17) is 5.11 Å². The van der Waals surface area contributed by atoms with Crippen LogP contribution in [-0.4, -0.2) is 25.5 Å². The first-order chi connectivity index (χ1) is 9.40. The normalized spacial score (nSPS) is 14.1. The SMILES string of the molecule is CC(C)(C)CC(CC(=O)O)NS(=O)(=O)c1cc(Br)sc1Br. The van der Waals surface area contributed by atoms with E-state index >= 15 is 0 Å². The van der Waals surface area contributed by atoms with E-state index in [1.165, 1.54) is 17.4 Å². The molecule has 0 amide bonds. The van der Waals surface area contributed by atoms with E-state index in [0.717, 1.165) is 0 Å². The molecule has 0 aliphatic carbocycles. The monoisotopic (exact) mass is 461 g/mol. The van der Waals surface area contributed by atoms with Crippen molar-refractivity contribution < 1.29 is 18.3 Å². The molecule has 120 valence electrons. The van der Waals surface area contributed by atoms with Gasteiger partial charge < -0.3 is 5.11 Å².